The van der Waals surface area contributed by atoms with Gasteiger partial charge in [0.2, 0.25) is 5.91 Å². The Morgan fingerprint density at radius 3 is 2.88 bits per heavy atom. The summed E-state index contributed by atoms with van der Waals surface area (Å²) in [6.07, 6.45) is 1.97. The van der Waals surface area contributed by atoms with E-state index in [9.17, 15) is 9.59 Å². The van der Waals surface area contributed by atoms with Gasteiger partial charge in [-0.3, -0.25) is 9.59 Å². The fraction of sp³-hybridized carbons (Fsp3) is 0.438. The molecule has 132 valence electrons. The van der Waals surface area contributed by atoms with Gasteiger partial charge in [-0.25, -0.2) is 9.98 Å². The molecule has 3 rings (SSSR count). The largest absolute Gasteiger partial charge is 0.301 e. The SMILES string of the molecule is Cc1csc(NC(=O)CSCC2=NC(=O)C3C=C(C(C)C)SC3=N2)n1. The molecule has 0 saturated heterocycles. The van der Waals surface area contributed by atoms with E-state index in [0.717, 1.165) is 10.7 Å². The molecule has 2 aliphatic rings. The van der Waals surface area contributed by atoms with E-state index in [4.69, 9.17) is 0 Å². The molecule has 1 atom stereocenters. The molecule has 0 spiro atoms. The zero-order chi connectivity index (χ0) is 18.0. The molecule has 9 heteroatoms. The number of hydrogen-bond donors (Lipinski definition) is 1. The molecule has 1 unspecified atom stereocenters. The lowest BCUT2D eigenvalue weighted by Gasteiger charge is -2.12. The van der Waals surface area contributed by atoms with Crippen molar-refractivity contribution in [1.82, 2.24) is 4.98 Å². The van der Waals surface area contributed by atoms with Gasteiger partial charge in [-0.2, -0.15) is 4.99 Å². The highest BCUT2D eigenvalue weighted by atomic mass is 32.2. The van der Waals surface area contributed by atoms with E-state index in [1.54, 1.807) is 11.8 Å². The van der Waals surface area contributed by atoms with Crippen LogP contribution >= 0.6 is 34.9 Å². The maximum Gasteiger partial charge on any atom is 0.261 e. The van der Waals surface area contributed by atoms with Crippen molar-refractivity contribution in [3.63, 3.8) is 0 Å². The van der Waals surface area contributed by atoms with Gasteiger partial charge in [-0.15, -0.1) is 23.1 Å². The van der Waals surface area contributed by atoms with Crippen molar-refractivity contribution < 1.29 is 9.59 Å². The zero-order valence-corrected chi connectivity index (χ0v) is 16.6. The van der Waals surface area contributed by atoms with Gasteiger partial charge in [0, 0.05) is 5.38 Å². The van der Waals surface area contributed by atoms with Crippen molar-refractivity contribution in [2.45, 2.75) is 20.8 Å². The average Bonchev–Trinajstić information content (AvgIpc) is 3.14. The van der Waals surface area contributed by atoms with Gasteiger partial charge in [0.25, 0.3) is 5.91 Å². The topological polar surface area (TPSA) is 83.8 Å². The van der Waals surface area contributed by atoms with Gasteiger partial charge in [0.15, 0.2) is 5.13 Å². The number of aliphatic imine (C=N–C) groups is 2. The van der Waals surface area contributed by atoms with Gasteiger partial charge in [-0.1, -0.05) is 31.7 Å². The molecule has 3 heterocycles. The van der Waals surface area contributed by atoms with Crippen LogP contribution in [0.1, 0.15) is 19.5 Å². The van der Waals surface area contributed by atoms with Crippen molar-refractivity contribution in [3.05, 3.63) is 22.1 Å². The third-order valence-electron chi connectivity index (χ3n) is 3.46. The number of nitrogens with one attached hydrogen (secondary N) is 1. The molecular formula is C16H18N4O2S3. The fourth-order valence-electron chi connectivity index (χ4n) is 2.25. The summed E-state index contributed by atoms with van der Waals surface area (Å²) in [4.78, 5) is 38.0. The smallest absolute Gasteiger partial charge is 0.261 e. The quantitative estimate of drug-likeness (QED) is 0.800. The first-order chi connectivity index (χ1) is 11.9. The van der Waals surface area contributed by atoms with Crippen LogP contribution in [0.15, 0.2) is 26.3 Å². The van der Waals surface area contributed by atoms with Gasteiger partial charge in [0.1, 0.15) is 11.8 Å². The van der Waals surface area contributed by atoms with Gasteiger partial charge >= 0.3 is 0 Å². The summed E-state index contributed by atoms with van der Waals surface area (Å²) in [5, 5.41) is 6.05. The normalized spacial score (nSPS) is 19.4. The van der Waals surface area contributed by atoms with E-state index in [0.29, 0.717) is 22.6 Å². The number of allylic oxidation sites excluding steroid dienone is 1. The Labute approximate surface area is 158 Å². The highest BCUT2D eigenvalue weighted by Crippen LogP contribution is 2.38. The number of aryl methyl sites for hydroxylation is 1. The second-order valence-electron chi connectivity index (χ2n) is 5.95. The number of anilines is 1. The molecule has 1 aromatic rings. The monoisotopic (exact) mass is 394 g/mol. The first-order valence-corrected chi connectivity index (χ1v) is 10.7. The molecule has 0 saturated carbocycles. The van der Waals surface area contributed by atoms with Crippen LogP contribution in [0.5, 0.6) is 0 Å². The Morgan fingerprint density at radius 1 is 1.40 bits per heavy atom. The van der Waals surface area contributed by atoms with Crippen molar-refractivity contribution >= 4 is 62.7 Å². The van der Waals surface area contributed by atoms with Crippen LogP contribution in [-0.2, 0) is 9.59 Å². The van der Waals surface area contributed by atoms with Crippen molar-refractivity contribution in [2.75, 3.05) is 16.8 Å². The molecule has 0 aliphatic carbocycles. The number of hydrogen-bond acceptors (Lipinski definition) is 7. The predicted octanol–water partition coefficient (Wildman–Crippen LogP) is 3.36. The van der Waals surface area contributed by atoms with Crippen LogP contribution in [0.3, 0.4) is 0 Å². The predicted molar refractivity (Wildman–Crippen MR) is 107 cm³/mol. The third kappa shape index (κ3) is 4.59. The summed E-state index contributed by atoms with van der Waals surface area (Å²) in [6.45, 7) is 6.08. The lowest BCUT2D eigenvalue weighted by atomic mass is 10.1. The molecular weight excluding hydrogens is 376 g/mol. The van der Waals surface area contributed by atoms with Crippen molar-refractivity contribution in [3.8, 4) is 0 Å². The standard InChI is InChI=1S/C16H18N4O2S3/c1-8(2)11-4-10-14(22)18-12(19-15(10)25-11)6-23-7-13(21)20-16-17-9(3)5-24-16/h4-5,8,10H,6-7H2,1-3H3,(H,17,20,21). The van der Waals surface area contributed by atoms with Crippen LogP contribution in [0.25, 0.3) is 0 Å². The fourth-order valence-corrected chi connectivity index (χ4v) is 4.75. The highest BCUT2D eigenvalue weighted by molar-refractivity contribution is 8.17. The maximum atomic E-state index is 12.2. The molecule has 0 bridgehead atoms. The number of amides is 2. The van der Waals surface area contributed by atoms with Crippen LogP contribution in [0.2, 0.25) is 0 Å². The summed E-state index contributed by atoms with van der Waals surface area (Å²) in [5.74, 6) is 0.977. The molecule has 2 aliphatic heterocycles. The number of amidine groups is 1. The van der Waals surface area contributed by atoms with E-state index >= 15 is 0 Å². The Hall–Kier alpha value is -1.45. The Bertz CT molecular complexity index is 795. The summed E-state index contributed by atoms with van der Waals surface area (Å²) in [6, 6.07) is 0. The Morgan fingerprint density at radius 2 is 2.20 bits per heavy atom. The summed E-state index contributed by atoms with van der Waals surface area (Å²) < 4.78 is 0. The molecule has 1 N–H and O–H groups in total. The second-order valence-corrected chi connectivity index (χ2v) is 8.89. The number of carbonyl (C=O) groups excluding carboxylic acids is 2. The van der Waals surface area contributed by atoms with Gasteiger partial charge < -0.3 is 5.32 Å². The van der Waals surface area contributed by atoms with E-state index in [2.05, 4.69) is 34.1 Å². The number of carbonyl (C=O) groups is 2. The van der Waals surface area contributed by atoms with Crippen LogP contribution < -0.4 is 5.32 Å². The first-order valence-electron chi connectivity index (χ1n) is 7.81. The van der Waals surface area contributed by atoms with Crippen molar-refractivity contribution in [2.24, 2.45) is 21.8 Å². The highest BCUT2D eigenvalue weighted by Gasteiger charge is 2.34. The third-order valence-corrected chi connectivity index (χ3v) is 6.66. The number of rotatable bonds is 6. The molecule has 1 aromatic heterocycles. The molecule has 2 amide bonds. The van der Waals surface area contributed by atoms with Crippen molar-refractivity contribution in [1.29, 1.82) is 0 Å². The first kappa shape index (κ1) is 18.3. The zero-order valence-electron chi connectivity index (χ0n) is 14.1. The summed E-state index contributed by atoms with van der Waals surface area (Å²) in [7, 11) is 0. The molecule has 0 radical (unpaired) electrons. The average molecular weight is 395 g/mol. The van der Waals surface area contributed by atoms with E-state index in [-0.39, 0.29) is 23.5 Å². The minimum atomic E-state index is -0.312. The van der Waals surface area contributed by atoms with E-state index < -0.39 is 0 Å². The Kier molecular flexibility index (Phi) is 5.75. The van der Waals surface area contributed by atoms with E-state index in [1.807, 2.05) is 18.4 Å². The van der Waals surface area contributed by atoms with Crippen LogP contribution in [0, 0.1) is 18.8 Å². The number of thiazole rings is 1. The van der Waals surface area contributed by atoms with E-state index in [1.165, 1.54) is 28.0 Å². The minimum Gasteiger partial charge on any atom is -0.301 e. The molecule has 0 aromatic carbocycles. The van der Waals surface area contributed by atoms with Crippen LogP contribution in [0.4, 0.5) is 5.13 Å². The second kappa shape index (κ2) is 7.84. The Balaban J connectivity index is 1.50. The van der Waals surface area contributed by atoms with Gasteiger partial charge in [-0.05, 0) is 17.7 Å². The lowest BCUT2D eigenvalue weighted by Crippen LogP contribution is -2.24. The summed E-state index contributed by atoms with van der Waals surface area (Å²) in [5.41, 5.74) is 0.886. The summed E-state index contributed by atoms with van der Waals surface area (Å²) >= 11 is 4.36. The number of nitrogens with zero attached hydrogens (tertiary/aromatic N) is 3. The number of aromatic nitrogens is 1. The maximum absolute atomic E-state index is 12.2. The lowest BCUT2D eigenvalue weighted by molar-refractivity contribution is -0.118. The number of fused-ring (bicyclic) bond motifs is 1. The number of thioether (sulfide) groups is 2. The van der Waals surface area contributed by atoms with Gasteiger partial charge in [0.05, 0.1) is 22.2 Å². The molecule has 0 fully saturated rings. The minimum absolute atomic E-state index is 0.119. The molecule has 6 nitrogen and oxygen atoms in total. The molecule has 25 heavy (non-hydrogen) atoms. The van der Waals surface area contributed by atoms with Crippen LogP contribution in [-0.4, -0.2) is 39.2 Å².